The van der Waals surface area contributed by atoms with E-state index in [0.29, 0.717) is 11.3 Å². The van der Waals surface area contributed by atoms with E-state index in [0.717, 1.165) is 5.69 Å². The Morgan fingerprint density at radius 1 is 1.35 bits per heavy atom. The quantitative estimate of drug-likeness (QED) is 0.937. The lowest BCUT2D eigenvalue weighted by atomic mass is 10.2. The van der Waals surface area contributed by atoms with Crippen LogP contribution in [0.4, 0.5) is 14.5 Å². The molecule has 0 aliphatic heterocycles. The van der Waals surface area contributed by atoms with E-state index in [1.807, 2.05) is 0 Å². The van der Waals surface area contributed by atoms with Gasteiger partial charge in [-0.15, -0.1) is 0 Å². The highest BCUT2D eigenvalue weighted by Crippen LogP contribution is 2.18. The van der Waals surface area contributed by atoms with Crippen molar-refractivity contribution in [3.63, 3.8) is 0 Å². The lowest BCUT2D eigenvalue weighted by Gasteiger charge is -2.07. The Bertz CT molecular complexity index is 609. The van der Waals surface area contributed by atoms with Crippen LogP contribution in [-0.2, 0) is 7.05 Å². The van der Waals surface area contributed by atoms with Crippen LogP contribution in [0.15, 0.2) is 30.5 Å². The van der Waals surface area contributed by atoms with Gasteiger partial charge in [-0.2, -0.15) is 13.9 Å². The number of benzene rings is 1. The first kappa shape index (κ1) is 14.0. The van der Waals surface area contributed by atoms with Crippen LogP contribution in [0.5, 0.6) is 5.75 Å². The lowest BCUT2D eigenvalue weighted by Crippen LogP contribution is -2.13. The molecule has 0 radical (unpaired) electrons. The van der Waals surface area contributed by atoms with E-state index in [2.05, 4.69) is 15.2 Å². The third-order valence-electron chi connectivity index (χ3n) is 2.82. The van der Waals surface area contributed by atoms with E-state index in [4.69, 9.17) is 0 Å². The number of ether oxygens (including phenoxy) is 1. The molecule has 0 fully saturated rings. The van der Waals surface area contributed by atoms with Crippen molar-refractivity contribution < 1.29 is 18.3 Å². The molecule has 0 aliphatic rings. The van der Waals surface area contributed by atoms with Crippen molar-refractivity contribution in [2.45, 2.75) is 13.5 Å². The summed E-state index contributed by atoms with van der Waals surface area (Å²) in [6.07, 6.45) is 1.47. The van der Waals surface area contributed by atoms with Gasteiger partial charge in [-0.1, -0.05) is 0 Å². The van der Waals surface area contributed by atoms with E-state index >= 15 is 0 Å². The number of nitrogens with one attached hydrogen (secondary N) is 1. The van der Waals surface area contributed by atoms with Crippen LogP contribution < -0.4 is 10.1 Å². The van der Waals surface area contributed by atoms with Crippen LogP contribution in [-0.4, -0.2) is 22.3 Å². The number of carbonyl (C=O) groups excluding carboxylic acids is 1. The molecule has 5 nitrogen and oxygen atoms in total. The maximum Gasteiger partial charge on any atom is 0.387 e. The molecule has 2 aromatic rings. The largest absolute Gasteiger partial charge is 0.435 e. The van der Waals surface area contributed by atoms with Crippen molar-refractivity contribution in [1.29, 1.82) is 0 Å². The zero-order chi connectivity index (χ0) is 14.7. The number of amides is 1. The number of anilines is 1. The van der Waals surface area contributed by atoms with Crippen molar-refractivity contribution >= 4 is 11.6 Å². The number of rotatable bonds is 4. The van der Waals surface area contributed by atoms with Gasteiger partial charge in [-0.25, -0.2) is 0 Å². The Balaban J connectivity index is 2.06. The maximum atomic E-state index is 12.0. The molecule has 0 saturated heterocycles. The normalized spacial score (nSPS) is 10.7. The lowest BCUT2D eigenvalue weighted by molar-refractivity contribution is -0.0498. The third-order valence-corrected chi connectivity index (χ3v) is 2.82. The minimum absolute atomic E-state index is 0.0376. The molecule has 0 saturated carbocycles. The fourth-order valence-corrected chi connectivity index (χ4v) is 1.64. The molecule has 0 unspecified atom stereocenters. The van der Waals surface area contributed by atoms with Gasteiger partial charge >= 0.3 is 6.61 Å². The third kappa shape index (κ3) is 3.11. The molecule has 0 spiro atoms. The second-order valence-electron chi connectivity index (χ2n) is 4.12. The highest BCUT2D eigenvalue weighted by molar-refractivity contribution is 6.04. The molecule has 2 rings (SSSR count). The second kappa shape index (κ2) is 5.68. The Hall–Kier alpha value is -2.44. The van der Waals surface area contributed by atoms with E-state index < -0.39 is 6.61 Å². The summed E-state index contributed by atoms with van der Waals surface area (Å²) in [7, 11) is 1.74. The number of alkyl halides is 2. The first-order valence-corrected chi connectivity index (χ1v) is 5.82. The van der Waals surface area contributed by atoms with Crippen LogP contribution >= 0.6 is 0 Å². The SMILES string of the molecule is Cc1c(C(=O)Nc2ccc(OC(F)F)cc2)cnn1C. The molecule has 7 heteroatoms. The summed E-state index contributed by atoms with van der Waals surface area (Å²) in [5.41, 5.74) is 1.68. The monoisotopic (exact) mass is 281 g/mol. The molecule has 0 aliphatic carbocycles. The smallest absolute Gasteiger partial charge is 0.387 e. The summed E-state index contributed by atoms with van der Waals surface area (Å²) < 4.78 is 29.8. The summed E-state index contributed by atoms with van der Waals surface area (Å²) in [5.74, 6) is -0.270. The van der Waals surface area contributed by atoms with E-state index in [1.54, 1.807) is 18.7 Å². The van der Waals surface area contributed by atoms with Crippen LogP contribution in [0.25, 0.3) is 0 Å². The van der Waals surface area contributed by atoms with Gasteiger partial charge in [0.15, 0.2) is 0 Å². The first-order chi connectivity index (χ1) is 9.47. The number of nitrogens with zero attached hydrogens (tertiary/aromatic N) is 2. The number of aryl methyl sites for hydroxylation is 1. The molecule has 1 aromatic carbocycles. The highest BCUT2D eigenvalue weighted by Gasteiger charge is 2.13. The Morgan fingerprint density at radius 2 is 2.00 bits per heavy atom. The number of halogens is 2. The fourth-order valence-electron chi connectivity index (χ4n) is 1.64. The van der Waals surface area contributed by atoms with Gasteiger partial charge < -0.3 is 10.1 Å². The van der Waals surface area contributed by atoms with Crippen LogP contribution in [0.3, 0.4) is 0 Å². The van der Waals surface area contributed by atoms with Crippen LogP contribution in [0.2, 0.25) is 0 Å². The highest BCUT2D eigenvalue weighted by atomic mass is 19.3. The van der Waals surface area contributed by atoms with Gasteiger partial charge in [0.05, 0.1) is 11.8 Å². The molecule has 1 aromatic heterocycles. The molecule has 1 heterocycles. The molecular weight excluding hydrogens is 268 g/mol. The van der Waals surface area contributed by atoms with E-state index in [-0.39, 0.29) is 11.7 Å². The molecule has 1 amide bonds. The number of aromatic nitrogens is 2. The van der Waals surface area contributed by atoms with Gasteiger partial charge in [0, 0.05) is 18.4 Å². The van der Waals surface area contributed by atoms with Crippen molar-refractivity contribution in [3.8, 4) is 5.75 Å². The van der Waals surface area contributed by atoms with Crippen LogP contribution in [0.1, 0.15) is 16.1 Å². The zero-order valence-electron chi connectivity index (χ0n) is 10.9. The van der Waals surface area contributed by atoms with Crippen molar-refractivity contribution in [2.24, 2.45) is 7.05 Å². The van der Waals surface area contributed by atoms with E-state index in [1.165, 1.54) is 30.5 Å². The molecule has 0 atom stereocenters. The summed E-state index contributed by atoms with van der Waals surface area (Å²) in [5, 5.41) is 6.64. The minimum Gasteiger partial charge on any atom is -0.435 e. The molecule has 1 N–H and O–H groups in total. The fraction of sp³-hybridized carbons (Fsp3) is 0.231. The molecule has 20 heavy (non-hydrogen) atoms. The van der Waals surface area contributed by atoms with Gasteiger partial charge in [0.2, 0.25) is 0 Å². The zero-order valence-corrected chi connectivity index (χ0v) is 10.9. The number of hydrogen-bond acceptors (Lipinski definition) is 3. The van der Waals surface area contributed by atoms with Gasteiger partial charge in [-0.05, 0) is 31.2 Å². The summed E-state index contributed by atoms with van der Waals surface area (Å²) >= 11 is 0. The molecule has 0 bridgehead atoms. The Kier molecular flexibility index (Phi) is 3.97. The van der Waals surface area contributed by atoms with Crippen molar-refractivity contribution in [1.82, 2.24) is 9.78 Å². The summed E-state index contributed by atoms with van der Waals surface area (Å²) in [6.45, 7) is -1.09. The van der Waals surface area contributed by atoms with Crippen molar-refractivity contribution in [2.75, 3.05) is 5.32 Å². The van der Waals surface area contributed by atoms with Gasteiger partial charge in [-0.3, -0.25) is 9.48 Å². The predicted octanol–water partition coefficient (Wildman–Crippen LogP) is 2.58. The topological polar surface area (TPSA) is 56.1 Å². The van der Waals surface area contributed by atoms with Gasteiger partial charge in [0.25, 0.3) is 5.91 Å². The minimum atomic E-state index is -2.87. The Labute approximate surface area is 114 Å². The Morgan fingerprint density at radius 3 is 2.50 bits per heavy atom. The second-order valence-corrected chi connectivity index (χ2v) is 4.12. The first-order valence-electron chi connectivity index (χ1n) is 5.82. The van der Waals surface area contributed by atoms with E-state index in [9.17, 15) is 13.6 Å². The van der Waals surface area contributed by atoms with Crippen molar-refractivity contribution in [3.05, 3.63) is 41.7 Å². The average Bonchev–Trinajstić information content (AvgIpc) is 2.72. The maximum absolute atomic E-state index is 12.0. The predicted molar refractivity (Wildman–Crippen MR) is 69.0 cm³/mol. The summed E-state index contributed by atoms with van der Waals surface area (Å²) in [4.78, 5) is 12.0. The van der Waals surface area contributed by atoms with Crippen LogP contribution in [0, 0.1) is 6.92 Å². The number of hydrogen-bond donors (Lipinski definition) is 1. The standard InChI is InChI=1S/C13H13F2N3O2/c1-8-11(7-16-18(8)2)12(19)17-9-3-5-10(6-4-9)20-13(14)15/h3-7,13H,1-2H3,(H,17,19). The summed E-state index contributed by atoms with van der Waals surface area (Å²) in [6, 6.07) is 5.69. The van der Waals surface area contributed by atoms with Gasteiger partial charge in [0.1, 0.15) is 5.75 Å². The average molecular weight is 281 g/mol. The molecular formula is C13H13F2N3O2. The number of carbonyl (C=O) groups is 1. The molecule has 106 valence electrons.